The number of aryl methyl sites for hydroxylation is 1. The van der Waals surface area contributed by atoms with E-state index < -0.39 is 89.1 Å². The van der Waals surface area contributed by atoms with Gasteiger partial charge in [-0.15, -0.1) is 0 Å². The average Bonchev–Trinajstić information content (AvgIpc) is 4.09. The maximum atomic E-state index is 12.1. The van der Waals surface area contributed by atoms with Gasteiger partial charge in [0.2, 0.25) is 0 Å². The predicted molar refractivity (Wildman–Crippen MR) is 275 cm³/mol. The van der Waals surface area contributed by atoms with E-state index in [-0.39, 0.29) is 84.0 Å². The summed E-state index contributed by atoms with van der Waals surface area (Å²) in [5, 5.41) is 59.2. The van der Waals surface area contributed by atoms with E-state index in [2.05, 4.69) is 15.0 Å². The minimum atomic E-state index is -0.851. The van der Waals surface area contributed by atoms with Crippen molar-refractivity contribution in [2.75, 3.05) is 19.8 Å². The Hall–Kier alpha value is -4.81. The fraction of sp³-hybridized carbons (Fsp3) is 0.388. The van der Waals surface area contributed by atoms with Crippen LogP contribution < -0.4 is 47.1 Å². The summed E-state index contributed by atoms with van der Waals surface area (Å²) >= 11 is 6.00. The number of ether oxygens (including phenoxy) is 3. The molecule has 3 aromatic heterocycles. The molecule has 0 aliphatic carbocycles. The zero-order chi connectivity index (χ0) is 53.1. The number of hydrogen-bond donors (Lipinski definition) is 9. The van der Waals surface area contributed by atoms with Crippen molar-refractivity contribution in [3.63, 3.8) is 0 Å². The topological polar surface area (TPSA) is 314 Å². The number of hydrogen-bond acceptors (Lipinski definition) is 15. The Bertz CT molecular complexity index is 3030. The summed E-state index contributed by atoms with van der Waals surface area (Å²) in [5.74, 6) is 0. The van der Waals surface area contributed by atoms with E-state index in [0.29, 0.717) is 37.7 Å². The van der Waals surface area contributed by atoms with E-state index in [4.69, 9.17) is 36.0 Å². The molecule has 6 heterocycles. The molecule has 25 heteroatoms. The summed E-state index contributed by atoms with van der Waals surface area (Å²) in [7, 11) is 0. The summed E-state index contributed by atoms with van der Waals surface area (Å²) in [6.45, 7) is 1.05. The molecule has 3 saturated heterocycles. The van der Waals surface area contributed by atoms with Crippen LogP contribution in [0.15, 0.2) is 126 Å². The fourth-order valence-electron chi connectivity index (χ4n) is 7.85. The van der Waals surface area contributed by atoms with Crippen LogP contribution in [0.3, 0.4) is 0 Å². The monoisotopic (exact) mass is 1240 g/mol. The van der Waals surface area contributed by atoms with Crippen molar-refractivity contribution < 1.29 is 44.8 Å². The molecular weight excluding hydrogens is 1180 g/mol. The van der Waals surface area contributed by atoms with Crippen LogP contribution in [0.25, 0.3) is 0 Å². The Kier molecular flexibility index (Phi) is 20.6. The molecule has 396 valence electrons. The number of aromatic amines is 3. The number of nitrogens with one attached hydrogen (secondary N) is 3. The molecule has 74 heavy (non-hydrogen) atoms. The van der Waals surface area contributed by atoms with Gasteiger partial charge in [0, 0.05) is 0 Å². The molecular formula is C49H55ClN6O15Se3. The van der Waals surface area contributed by atoms with Crippen molar-refractivity contribution in [3.8, 4) is 0 Å². The molecule has 9 atom stereocenters. The molecule has 0 amide bonds. The van der Waals surface area contributed by atoms with Crippen molar-refractivity contribution in [1.29, 1.82) is 0 Å². The SMILES string of the molecule is Cc1ccc([Se]Cc2cn([C@H]3CC(O)[C@@H](CO)O3)c(=O)[nH]c2=O)cc1.O=c1[nH]c(=O)n([C@H]2CC(O)[C@@H](CO)O2)cc1C[Se]c1ccc(Cl)cc1.O=c1[nH]c(=O)n([C@H]2CC(O)[C@@H](CO)O2)cc1C[Se]c1ccccc1. The van der Waals surface area contributed by atoms with Crippen LogP contribution in [0.4, 0.5) is 0 Å². The van der Waals surface area contributed by atoms with Crippen molar-refractivity contribution >= 4 is 69.9 Å². The minimum absolute atomic E-state index is 0.00347. The molecule has 3 unspecified atom stereocenters. The molecule has 0 spiro atoms. The van der Waals surface area contributed by atoms with E-state index >= 15 is 0 Å². The Balaban J connectivity index is 0.000000162. The fourth-order valence-corrected chi connectivity index (χ4v) is 13.4. The van der Waals surface area contributed by atoms with Crippen molar-refractivity contribution in [2.45, 2.75) is 97.5 Å². The summed E-state index contributed by atoms with van der Waals surface area (Å²) in [5.41, 5.74) is -0.299. The Morgan fingerprint density at radius 2 is 0.811 bits per heavy atom. The Morgan fingerprint density at radius 1 is 0.500 bits per heavy atom. The second-order valence-corrected chi connectivity index (χ2v) is 24.3. The number of nitrogens with zero attached hydrogens (tertiary/aromatic N) is 3. The van der Waals surface area contributed by atoms with Gasteiger partial charge in [-0.1, -0.05) is 0 Å². The van der Waals surface area contributed by atoms with Gasteiger partial charge in [0.1, 0.15) is 0 Å². The maximum absolute atomic E-state index is 12.1. The molecule has 0 radical (unpaired) electrons. The van der Waals surface area contributed by atoms with Crippen LogP contribution in [0.5, 0.6) is 0 Å². The third-order valence-corrected chi connectivity index (χ3v) is 18.9. The number of H-pyrrole nitrogens is 3. The molecule has 9 N–H and O–H groups in total. The molecule has 6 aromatic rings. The summed E-state index contributed by atoms with van der Waals surface area (Å²) < 4.78 is 23.8. The number of halogens is 1. The molecule has 21 nitrogen and oxygen atoms in total. The third-order valence-electron chi connectivity index (χ3n) is 12.0. The zero-order valence-electron chi connectivity index (χ0n) is 39.6. The summed E-state index contributed by atoms with van der Waals surface area (Å²) in [4.78, 5) is 79.3. The average molecular weight is 1240 g/mol. The van der Waals surface area contributed by atoms with Crippen molar-refractivity contribution in [3.05, 3.63) is 187 Å². The van der Waals surface area contributed by atoms with E-state index in [0.717, 1.165) is 8.92 Å². The van der Waals surface area contributed by atoms with Crippen LogP contribution in [-0.4, -0.2) is 161 Å². The van der Waals surface area contributed by atoms with Crippen LogP contribution in [-0.2, 0) is 30.2 Å². The number of rotatable bonds is 15. The molecule has 0 saturated carbocycles. The molecule has 0 bridgehead atoms. The molecule has 9 rings (SSSR count). The second-order valence-electron chi connectivity index (χ2n) is 17.3. The van der Waals surface area contributed by atoms with Crippen molar-refractivity contribution in [1.82, 2.24) is 28.7 Å². The second kappa shape index (κ2) is 26.8. The van der Waals surface area contributed by atoms with Gasteiger partial charge < -0.3 is 0 Å². The number of aromatic nitrogens is 6. The van der Waals surface area contributed by atoms with Gasteiger partial charge >= 0.3 is 448 Å². The first kappa shape index (κ1) is 56.9. The third kappa shape index (κ3) is 15.0. The van der Waals surface area contributed by atoms with Gasteiger partial charge in [-0.25, -0.2) is 0 Å². The number of aliphatic hydroxyl groups excluding tert-OH is 6. The standard InChI is InChI=1S/C17H20N2O5Se.C16H17ClN2O5Se.C16H18N2O5Se/c1-10-2-4-12(5-3-10)25-9-11-7-19(17(23)18-16(11)22)15-6-13(21)14(8-20)24-15;17-10-1-3-11(4-2-10)25-8-9-6-19(16(23)18-15(9)22)14-5-12(21)13(7-20)24-14;19-8-13-12(20)6-14(23-13)18-7-10(15(21)17-16(18)22)9-24-11-4-2-1-3-5-11/h2-5,7,13-15,20-21H,6,8-9H2,1H3,(H,18,22,23);1-4,6,12-14,20-21H,5,7-8H2,(H,18,22,23);1-5,7,12-14,19-20H,6,8-9H2,(H,17,21,22)/t13?,14-,15-;2*12?,13-,14-/m111/s1. The summed E-state index contributed by atoms with van der Waals surface area (Å²) in [6.07, 6.45) is -1.72. The van der Waals surface area contributed by atoms with Gasteiger partial charge in [0.25, 0.3) is 0 Å². The van der Waals surface area contributed by atoms with Crippen LogP contribution in [0.2, 0.25) is 5.02 Å². The predicted octanol–water partition coefficient (Wildman–Crippen LogP) is -2.92. The Morgan fingerprint density at radius 3 is 1.12 bits per heavy atom. The van der Waals surface area contributed by atoms with Gasteiger partial charge in [-0.2, -0.15) is 0 Å². The molecule has 3 fully saturated rings. The first-order valence-electron chi connectivity index (χ1n) is 23.2. The van der Waals surface area contributed by atoms with Crippen LogP contribution in [0.1, 0.15) is 60.2 Å². The quantitative estimate of drug-likeness (QED) is 0.0466. The normalized spacial score (nSPS) is 23.2. The summed E-state index contributed by atoms with van der Waals surface area (Å²) in [6, 6.07) is 25.4. The zero-order valence-corrected chi connectivity index (χ0v) is 45.5. The van der Waals surface area contributed by atoms with Gasteiger partial charge in [-0.05, 0) is 0 Å². The van der Waals surface area contributed by atoms with E-state index in [1.807, 2.05) is 73.7 Å². The van der Waals surface area contributed by atoms with Gasteiger partial charge in [0.15, 0.2) is 0 Å². The van der Waals surface area contributed by atoms with E-state index in [1.54, 1.807) is 12.1 Å². The van der Waals surface area contributed by atoms with Crippen LogP contribution >= 0.6 is 11.6 Å². The van der Waals surface area contributed by atoms with Gasteiger partial charge in [-0.3, -0.25) is 0 Å². The first-order valence-corrected chi connectivity index (χ1v) is 29.7. The van der Waals surface area contributed by atoms with Crippen LogP contribution in [0, 0.1) is 6.92 Å². The first-order chi connectivity index (χ1) is 35.5. The van der Waals surface area contributed by atoms with E-state index in [9.17, 15) is 49.2 Å². The number of benzene rings is 3. The van der Waals surface area contributed by atoms with E-state index in [1.165, 1.54) is 42.3 Å². The molecule has 3 aromatic carbocycles. The van der Waals surface area contributed by atoms with Crippen molar-refractivity contribution in [2.24, 2.45) is 0 Å². The number of aliphatic hydroxyl groups is 6. The van der Waals surface area contributed by atoms with Gasteiger partial charge in [0.05, 0.1) is 0 Å². The molecule has 3 aliphatic heterocycles. The molecule has 3 aliphatic rings. The Labute approximate surface area is 445 Å².